The summed E-state index contributed by atoms with van der Waals surface area (Å²) in [5.74, 6) is 1.15. The zero-order valence-corrected chi connectivity index (χ0v) is 10.7. The van der Waals surface area contributed by atoms with Gasteiger partial charge < -0.3 is 10.6 Å². The predicted octanol–water partition coefficient (Wildman–Crippen LogP) is 1.47. The summed E-state index contributed by atoms with van der Waals surface area (Å²) in [6, 6.07) is 0.0471. The number of nitrogens with two attached hydrogens (primary N) is 1. The van der Waals surface area contributed by atoms with Crippen LogP contribution in [0.1, 0.15) is 25.6 Å². The van der Waals surface area contributed by atoms with Crippen molar-refractivity contribution in [2.24, 2.45) is 11.7 Å². The van der Waals surface area contributed by atoms with Gasteiger partial charge in [-0.3, -0.25) is 5.10 Å². The van der Waals surface area contributed by atoms with Gasteiger partial charge in [-0.15, -0.1) is 5.10 Å². The Balaban J connectivity index is 1.93. The molecule has 108 valence electrons. The average Bonchev–Trinajstić information content (AvgIpc) is 2.78. The first-order chi connectivity index (χ1) is 8.85. The van der Waals surface area contributed by atoms with E-state index < -0.39 is 12.6 Å². The fourth-order valence-corrected chi connectivity index (χ4v) is 2.08. The maximum Gasteiger partial charge on any atom is 0.389 e. The maximum atomic E-state index is 12.1. The minimum absolute atomic E-state index is 0.0471. The van der Waals surface area contributed by atoms with Crippen LogP contribution in [0.15, 0.2) is 0 Å². The molecular weight excluding hydrogens is 259 g/mol. The molecule has 3 N–H and O–H groups in total. The minimum Gasteiger partial charge on any atom is -0.338 e. The molecule has 2 atom stereocenters. The van der Waals surface area contributed by atoms with Crippen molar-refractivity contribution in [2.75, 3.05) is 18.0 Å². The molecule has 0 amide bonds. The Kier molecular flexibility index (Phi) is 3.98. The maximum absolute atomic E-state index is 12.1. The number of aromatic amines is 1. The third-order valence-electron chi connectivity index (χ3n) is 3.46. The summed E-state index contributed by atoms with van der Waals surface area (Å²) in [6.45, 7) is 3.51. The van der Waals surface area contributed by atoms with Crippen molar-refractivity contribution in [3.05, 3.63) is 5.82 Å². The second-order valence-corrected chi connectivity index (χ2v) is 5.07. The number of aromatic nitrogens is 3. The molecule has 5 nitrogen and oxygen atoms in total. The number of anilines is 1. The highest BCUT2D eigenvalue weighted by molar-refractivity contribution is 5.30. The molecule has 0 bridgehead atoms. The Morgan fingerprint density at radius 3 is 2.84 bits per heavy atom. The lowest BCUT2D eigenvalue weighted by molar-refractivity contribution is -0.134. The molecule has 1 aromatic rings. The fourth-order valence-electron chi connectivity index (χ4n) is 2.08. The molecule has 0 saturated carbocycles. The number of aryl methyl sites for hydroxylation is 1. The van der Waals surface area contributed by atoms with Gasteiger partial charge in [-0.2, -0.15) is 18.2 Å². The van der Waals surface area contributed by atoms with E-state index in [9.17, 15) is 13.2 Å². The predicted molar refractivity (Wildman–Crippen MR) is 64.7 cm³/mol. The van der Waals surface area contributed by atoms with Gasteiger partial charge in [0.25, 0.3) is 0 Å². The Morgan fingerprint density at radius 1 is 1.47 bits per heavy atom. The molecular formula is C11H18F3N5. The molecule has 2 rings (SSSR count). The molecule has 0 spiro atoms. The first-order valence-corrected chi connectivity index (χ1v) is 6.34. The zero-order chi connectivity index (χ0) is 14.0. The van der Waals surface area contributed by atoms with Crippen molar-refractivity contribution in [1.29, 1.82) is 0 Å². The molecule has 1 aliphatic rings. The molecule has 0 radical (unpaired) electrons. The molecule has 0 aliphatic carbocycles. The summed E-state index contributed by atoms with van der Waals surface area (Å²) >= 11 is 0. The summed E-state index contributed by atoms with van der Waals surface area (Å²) in [4.78, 5) is 6.02. The number of halogens is 3. The van der Waals surface area contributed by atoms with E-state index in [2.05, 4.69) is 22.1 Å². The summed E-state index contributed by atoms with van der Waals surface area (Å²) in [5, 5.41) is 6.53. The largest absolute Gasteiger partial charge is 0.389 e. The van der Waals surface area contributed by atoms with Crippen molar-refractivity contribution in [3.63, 3.8) is 0 Å². The lowest BCUT2D eigenvalue weighted by atomic mass is 9.95. The Hall–Kier alpha value is -1.31. The number of nitrogens with zero attached hydrogens (tertiary/aromatic N) is 3. The minimum atomic E-state index is -4.17. The summed E-state index contributed by atoms with van der Waals surface area (Å²) in [7, 11) is 0. The first-order valence-electron chi connectivity index (χ1n) is 6.34. The van der Waals surface area contributed by atoms with Crippen molar-refractivity contribution in [2.45, 2.75) is 38.4 Å². The van der Waals surface area contributed by atoms with E-state index in [4.69, 9.17) is 5.73 Å². The van der Waals surface area contributed by atoms with E-state index in [1.807, 2.05) is 4.90 Å². The molecule has 8 heteroatoms. The summed E-state index contributed by atoms with van der Waals surface area (Å²) < 4.78 is 36.3. The number of rotatable bonds is 3. The summed E-state index contributed by atoms with van der Waals surface area (Å²) in [5.41, 5.74) is 5.97. The van der Waals surface area contributed by atoms with Crippen LogP contribution in [0.25, 0.3) is 0 Å². The SMILES string of the molecule is CC1CCN(c2n[nH]c(CCC(F)(F)F)n2)CC1N. The van der Waals surface area contributed by atoms with Crippen LogP contribution >= 0.6 is 0 Å². The van der Waals surface area contributed by atoms with Crippen LogP contribution in [-0.4, -0.2) is 40.5 Å². The normalized spacial score (nSPS) is 24.8. The molecule has 1 aromatic heterocycles. The molecule has 1 saturated heterocycles. The average molecular weight is 277 g/mol. The fraction of sp³-hybridized carbons (Fsp3) is 0.818. The van der Waals surface area contributed by atoms with Crippen LogP contribution in [-0.2, 0) is 6.42 Å². The number of piperidine rings is 1. The van der Waals surface area contributed by atoms with E-state index >= 15 is 0 Å². The van der Waals surface area contributed by atoms with Gasteiger partial charge in [0.2, 0.25) is 5.95 Å². The van der Waals surface area contributed by atoms with E-state index in [1.165, 1.54) is 0 Å². The third kappa shape index (κ3) is 3.82. The van der Waals surface area contributed by atoms with Crippen LogP contribution in [0.5, 0.6) is 0 Å². The standard InChI is InChI=1S/C11H18F3N5/c1-7-3-5-19(6-8(7)15)10-16-9(17-18-10)2-4-11(12,13)14/h7-8H,2-6,15H2,1H3,(H,16,17,18). The highest BCUT2D eigenvalue weighted by Gasteiger charge is 2.28. The van der Waals surface area contributed by atoms with Gasteiger partial charge in [0.1, 0.15) is 5.82 Å². The topological polar surface area (TPSA) is 70.8 Å². The number of hydrogen-bond acceptors (Lipinski definition) is 4. The summed E-state index contributed by atoms with van der Waals surface area (Å²) in [6.07, 6.45) is -4.30. The van der Waals surface area contributed by atoms with E-state index in [-0.39, 0.29) is 18.3 Å². The molecule has 2 heterocycles. The quantitative estimate of drug-likeness (QED) is 0.877. The highest BCUT2D eigenvalue weighted by atomic mass is 19.4. The van der Waals surface area contributed by atoms with Gasteiger partial charge in [0, 0.05) is 25.6 Å². The Morgan fingerprint density at radius 2 is 2.21 bits per heavy atom. The van der Waals surface area contributed by atoms with Crippen molar-refractivity contribution in [3.8, 4) is 0 Å². The van der Waals surface area contributed by atoms with Gasteiger partial charge in [-0.05, 0) is 12.3 Å². The molecule has 2 unspecified atom stereocenters. The number of hydrogen-bond donors (Lipinski definition) is 2. The van der Waals surface area contributed by atoms with Crippen molar-refractivity contribution in [1.82, 2.24) is 15.2 Å². The number of nitrogens with one attached hydrogen (secondary N) is 1. The van der Waals surface area contributed by atoms with E-state index in [1.54, 1.807) is 0 Å². The lowest BCUT2D eigenvalue weighted by Gasteiger charge is -2.34. The third-order valence-corrected chi connectivity index (χ3v) is 3.46. The molecule has 1 aliphatic heterocycles. The van der Waals surface area contributed by atoms with Crippen LogP contribution < -0.4 is 10.6 Å². The van der Waals surface area contributed by atoms with Crippen LogP contribution in [0.3, 0.4) is 0 Å². The molecule has 0 aromatic carbocycles. The molecule has 19 heavy (non-hydrogen) atoms. The highest BCUT2D eigenvalue weighted by Crippen LogP contribution is 2.22. The lowest BCUT2D eigenvalue weighted by Crippen LogP contribution is -2.48. The van der Waals surface area contributed by atoms with Crippen LogP contribution in [0, 0.1) is 5.92 Å². The van der Waals surface area contributed by atoms with Gasteiger partial charge in [-0.25, -0.2) is 0 Å². The molecule has 1 fully saturated rings. The smallest absolute Gasteiger partial charge is 0.338 e. The zero-order valence-electron chi connectivity index (χ0n) is 10.7. The monoisotopic (exact) mass is 277 g/mol. The second kappa shape index (κ2) is 5.36. The Bertz CT molecular complexity index is 417. The van der Waals surface area contributed by atoms with Crippen LogP contribution in [0.2, 0.25) is 0 Å². The van der Waals surface area contributed by atoms with Gasteiger partial charge in [0.15, 0.2) is 0 Å². The van der Waals surface area contributed by atoms with Crippen LogP contribution in [0.4, 0.5) is 19.1 Å². The van der Waals surface area contributed by atoms with Crippen molar-refractivity contribution >= 4 is 5.95 Å². The number of H-pyrrole nitrogens is 1. The van der Waals surface area contributed by atoms with Gasteiger partial charge >= 0.3 is 6.18 Å². The second-order valence-electron chi connectivity index (χ2n) is 5.07. The van der Waals surface area contributed by atoms with Crippen molar-refractivity contribution < 1.29 is 13.2 Å². The first kappa shape index (κ1) is 14.1. The van der Waals surface area contributed by atoms with Gasteiger partial charge in [-0.1, -0.05) is 6.92 Å². The van der Waals surface area contributed by atoms with Gasteiger partial charge in [0.05, 0.1) is 6.42 Å². The van der Waals surface area contributed by atoms with E-state index in [0.29, 0.717) is 18.4 Å². The Labute approximate surface area is 109 Å². The number of alkyl halides is 3. The van der Waals surface area contributed by atoms with E-state index in [0.717, 1.165) is 13.0 Å².